The van der Waals surface area contributed by atoms with Crippen LogP contribution in [0.4, 0.5) is 0 Å². The second-order valence-corrected chi connectivity index (χ2v) is 8.64. The quantitative estimate of drug-likeness (QED) is 0.566. The molecule has 1 unspecified atom stereocenters. The lowest BCUT2D eigenvalue weighted by atomic mass is 10.1. The molecule has 0 fully saturated rings. The average molecular weight is 388 g/mol. The first-order valence-corrected chi connectivity index (χ1v) is 11.1. The number of benzene rings is 2. The predicted molar refractivity (Wildman–Crippen MR) is 112 cm³/mol. The summed E-state index contributed by atoms with van der Waals surface area (Å²) in [7, 11) is -1.39. The molecule has 0 radical (unpaired) electrons. The van der Waals surface area contributed by atoms with Crippen molar-refractivity contribution in [3.05, 3.63) is 65.2 Å². The van der Waals surface area contributed by atoms with Gasteiger partial charge in [-0.15, -0.1) is 0 Å². The summed E-state index contributed by atoms with van der Waals surface area (Å²) in [4.78, 5) is 4.63. The topological polar surface area (TPSA) is 70.6 Å². The van der Waals surface area contributed by atoms with Crippen molar-refractivity contribution in [3.8, 4) is 0 Å². The summed E-state index contributed by atoms with van der Waals surface area (Å²) in [6, 6.07) is 15.8. The summed E-state index contributed by atoms with van der Waals surface area (Å²) >= 11 is 0. The van der Waals surface area contributed by atoms with Crippen molar-refractivity contribution in [1.82, 2.24) is 10.6 Å². The maximum absolute atomic E-state index is 11.5. The molecule has 0 aliphatic rings. The molecule has 2 aromatic rings. The number of hydrogen-bond donors (Lipinski definition) is 2. The van der Waals surface area contributed by atoms with E-state index in [1.807, 2.05) is 12.1 Å². The van der Waals surface area contributed by atoms with Gasteiger partial charge in [0.05, 0.1) is 10.9 Å². The number of hydrogen-bond acceptors (Lipinski definition) is 3. The molecule has 0 aliphatic heterocycles. The van der Waals surface area contributed by atoms with E-state index in [0.29, 0.717) is 11.4 Å². The third-order valence-electron chi connectivity index (χ3n) is 4.52. The fraction of sp³-hybridized carbons (Fsp3) is 0.381. The van der Waals surface area contributed by atoms with Crippen LogP contribution in [-0.4, -0.2) is 34.2 Å². The SMILES string of the molecule is CCc1ccc(C(C)NC(=NC)NCCc2ccc(S(C)(=O)=O)cc2)cc1. The van der Waals surface area contributed by atoms with Crippen molar-refractivity contribution < 1.29 is 8.42 Å². The molecular formula is C21H29N3O2S. The van der Waals surface area contributed by atoms with Crippen molar-refractivity contribution in [2.75, 3.05) is 19.8 Å². The van der Waals surface area contributed by atoms with Crippen LogP contribution in [0.1, 0.15) is 36.6 Å². The van der Waals surface area contributed by atoms with Gasteiger partial charge in [0.25, 0.3) is 0 Å². The Morgan fingerprint density at radius 2 is 1.63 bits per heavy atom. The normalized spacial score (nSPS) is 13.3. The van der Waals surface area contributed by atoms with Gasteiger partial charge in [0.1, 0.15) is 0 Å². The van der Waals surface area contributed by atoms with Crippen molar-refractivity contribution in [3.63, 3.8) is 0 Å². The first kappa shape index (κ1) is 21.0. The second kappa shape index (κ2) is 9.55. The second-order valence-electron chi connectivity index (χ2n) is 6.63. The van der Waals surface area contributed by atoms with Crippen molar-refractivity contribution in [2.45, 2.75) is 37.6 Å². The van der Waals surface area contributed by atoms with E-state index in [9.17, 15) is 8.42 Å². The van der Waals surface area contributed by atoms with E-state index >= 15 is 0 Å². The molecule has 27 heavy (non-hydrogen) atoms. The van der Waals surface area contributed by atoms with Gasteiger partial charge in [-0.05, 0) is 48.6 Å². The van der Waals surface area contributed by atoms with Crippen LogP contribution in [0.3, 0.4) is 0 Å². The van der Waals surface area contributed by atoms with Gasteiger partial charge in [-0.2, -0.15) is 0 Å². The van der Waals surface area contributed by atoms with Gasteiger partial charge in [0.15, 0.2) is 15.8 Å². The number of nitrogens with one attached hydrogen (secondary N) is 2. The van der Waals surface area contributed by atoms with Gasteiger partial charge in [-0.25, -0.2) is 8.42 Å². The molecule has 0 bridgehead atoms. The molecule has 0 saturated carbocycles. The smallest absolute Gasteiger partial charge is 0.191 e. The van der Waals surface area contributed by atoms with Crippen LogP contribution < -0.4 is 10.6 Å². The number of rotatable bonds is 7. The zero-order valence-electron chi connectivity index (χ0n) is 16.5. The molecule has 6 heteroatoms. The number of nitrogens with zero attached hydrogens (tertiary/aromatic N) is 1. The lowest BCUT2D eigenvalue weighted by Crippen LogP contribution is -2.39. The summed E-state index contributed by atoms with van der Waals surface area (Å²) in [5, 5.41) is 6.70. The van der Waals surface area contributed by atoms with E-state index in [4.69, 9.17) is 0 Å². The molecule has 2 rings (SSSR count). The third kappa shape index (κ3) is 6.40. The summed E-state index contributed by atoms with van der Waals surface area (Å²) in [6.07, 6.45) is 3.04. The monoisotopic (exact) mass is 387 g/mol. The lowest BCUT2D eigenvalue weighted by Gasteiger charge is -2.18. The van der Waals surface area contributed by atoms with Crippen LogP contribution >= 0.6 is 0 Å². The van der Waals surface area contributed by atoms with Gasteiger partial charge in [0.2, 0.25) is 0 Å². The Balaban J connectivity index is 1.86. The number of aliphatic imine (C=N–C) groups is 1. The molecular weight excluding hydrogens is 358 g/mol. The minimum atomic E-state index is -3.15. The van der Waals surface area contributed by atoms with E-state index in [1.165, 1.54) is 17.4 Å². The van der Waals surface area contributed by atoms with Crippen LogP contribution in [0.15, 0.2) is 58.4 Å². The highest BCUT2D eigenvalue weighted by Crippen LogP contribution is 2.14. The van der Waals surface area contributed by atoms with Crippen LogP contribution in [0.25, 0.3) is 0 Å². The first-order valence-electron chi connectivity index (χ1n) is 9.18. The van der Waals surface area contributed by atoms with Gasteiger partial charge in [-0.1, -0.05) is 43.3 Å². The van der Waals surface area contributed by atoms with Gasteiger partial charge >= 0.3 is 0 Å². The summed E-state index contributed by atoms with van der Waals surface area (Å²) < 4.78 is 23.0. The Morgan fingerprint density at radius 1 is 1.04 bits per heavy atom. The molecule has 0 amide bonds. The summed E-state index contributed by atoms with van der Waals surface area (Å²) in [6.45, 7) is 4.97. The predicted octanol–water partition coefficient (Wildman–Crippen LogP) is 3.12. The molecule has 146 valence electrons. The minimum absolute atomic E-state index is 0.149. The van der Waals surface area contributed by atoms with E-state index in [-0.39, 0.29) is 6.04 Å². The lowest BCUT2D eigenvalue weighted by molar-refractivity contribution is 0.602. The van der Waals surface area contributed by atoms with Crippen molar-refractivity contribution in [1.29, 1.82) is 0 Å². The maximum Gasteiger partial charge on any atom is 0.191 e. The van der Waals surface area contributed by atoms with E-state index in [0.717, 1.165) is 24.4 Å². The van der Waals surface area contributed by atoms with Crippen molar-refractivity contribution >= 4 is 15.8 Å². The van der Waals surface area contributed by atoms with Crippen molar-refractivity contribution in [2.24, 2.45) is 4.99 Å². The Kier molecular flexibility index (Phi) is 7.42. The number of sulfone groups is 1. The molecule has 1 atom stereocenters. The fourth-order valence-electron chi connectivity index (χ4n) is 2.75. The molecule has 0 aliphatic carbocycles. The summed E-state index contributed by atoms with van der Waals surface area (Å²) in [5.74, 6) is 0.745. The van der Waals surface area contributed by atoms with Gasteiger partial charge in [0, 0.05) is 19.8 Å². The molecule has 2 aromatic carbocycles. The van der Waals surface area contributed by atoms with Crippen LogP contribution in [0.2, 0.25) is 0 Å². The van der Waals surface area contributed by atoms with Gasteiger partial charge < -0.3 is 10.6 Å². The van der Waals surface area contributed by atoms with Crippen LogP contribution in [0, 0.1) is 0 Å². The molecule has 0 heterocycles. The Hall–Kier alpha value is -2.34. The molecule has 0 saturated heterocycles. The Bertz CT molecular complexity index is 857. The van der Waals surface area contributed by atoms with E-state index < -0.39 is 9.84 Å². The highest BCUT2D eigenvalue weighted by atomic mass is 32.2. The molecule has 0 spiro atoms. The summed E-state index contributed by atoms with van der Waals surface area (Å²) in [5.41, 5.74) is 3.62. The number of aryl methyl sites for hydroxylation is 1. The largest absolute Gasteiger partial charge is 0.356 e. The van der Waals surface area contributed by atoms with E-state index in [1.54, 1.807) is 19.2 Å². The van der Waals surface area contributed by atoms with E-state index in [2.05, 4.69) is 53.7 Å². The molecule has 5 nitrogen and oxygen atoms in total. The highest BCUT2D eigenvalue weighted by molar-refractivity contribution is 7.90. The third-order valence-corrected chi connectivity index (χ3v) is 5.65. The van der Waals surface area contributed by atoms with Crippen LogP contribution in [-0.2, 0) is 22.7 Å². The Labute approximate surface area is 162 Å². The molecule has 2 N–H and O–H groups in total. The standard InChI is InChI=1S/C21H29N3O2S/c1-5-17-6-10-19(11-7-17)16(2)24-21(22-3)23-15-14-18-8-12-20(13-9-18)27(4,25)26/h6-13,16H,5,14-15H2,1-4H3,(H2,22,23,24). The minimum Gasteiger partial charge on any atom is -0.356 e. The molecule has 0 aromatic heterocycles. The zero-order valence-corrected chi connectivity index (χ0v) is 17.3. The maximum atomic E-state index is 11.5. The number of guanidine groups is 1. The highest BCUT2D eigenvalue weighted by Gasteiger charge is 2.08. The zero-order chi connectivity index (χ0) is 19.9. The first-order chi connectivity index (χ1) is 12.8. The fourth-order valence-corrected chi connectivity index (χ4v) is 3.38. The Morgan fingerprint density at radius 3 is 2.15 bits per heavy atom. The van der Waals surface area contributed by atoms with Gasteiger partial charge in [-0.3, -0.25) is 4.99 Å². The average Bonchev–Trinajstić information content (AvgIpc) is 2.66. The van der Waals surface area contributed by atoms with Crippen LogP contribution in [0.5, 0.6) is 0 Å².